The predicted molar refractivity (Wildman–Crippen MR) is 128 cm³/mol. The summed E-state index contributed by atoms with van der Waals surface area (Å²) in [6.45, 7) is 3.06. The molecule has 3 aromatic carbocycles. The van der Waals surface area contributed by atoms with Gasteiger partial charge in [-0.2, -0.15) is 4.98 Å². The summed E-state index contributed by atoms with van der Waals surface area (Å²) < 4.78 is 53.0. The van der Waals surface area contributed by atoms with Crippen molar-refractivity contribution < 1.29 is 32.3 Å². The first kappa shape index (κ1) is 24.8. The van der Waals surface area contributed by atoms with Gasteiger partial charge in [0, 0.05) is 24.1 Å². The second kappa shape index (κ2) is 9.53. The number of aromatic nitrogens is 2. The van der Waals surface area contributed by atoms with Gasteiger partial charge >= 0.3 is 6.36 Å². The van der Waals surface area contributed by atoms with Crippen LogP contribution in [0.5, 0.6) is 11.5 Å². The molecule has 0 bridgehead atoms. The van der Waals surface area contributed by atoms with Gasteiger partial charge in [0.25, 0.3) is 5.89 Å². The van der Waals surface area contributed by atoms with Gasteiger partial charge < -0.3 is 24.4 Å². The summed E-state index contributed by atoms with van der Waals surface area (Å²) in [5, 5.41) is 19.3. The summed E-state index contributed by atoms with van der Waals surface area (Å²) >= 11 is 0. The zero-order chi connectivity index (χ0) is 26.1. The maximum absolute atomic E-state index is 12.6. The molecule has 1 fully saturated rings. The molecule has 37 heavy (non-hydrogen) atoms. The average molecular weight is 512 g/mol. The van der Waals surface area contributed by atoms with Crippen molar-refractivity contribution in [2.24, 2.45) is 5.41 Å². The van der Waals surface area contributed by atoms with Crippen molar-refractivity contribution in [2.45, 2.75) is 25.5 Å². The Labute approximate surface area is 210 Å². The highest BCUT2D eigenvalue weighted by molar-refractivity contribution is 5.56. The predicted octanol–water partition coefficient (Wildman–Crippen LogP) is 5.06. The van der Waals surface area contributed by atoms with Gasteiger partial charge in [0.2, 0.25) is 5.82 Å². The lowest BCUT2D eigenvalue weighted by atomic mass is 9.62. The monoisotopic (exact) mass is 511 g/mol. The van der Waals surface area contributed by atoms with Crippen LogP contribution in [0.1, 0.15) is 23.9 Å². The van der Waals surface area contributed by atoms with Gasteiger partial charge in [0.1, 0.15) is 17.1 Å². The lowest BCUT2D eigenvalue weighted by Crippen LogP contribution is -2.63. The maximum atomic E-state index is 12.6. The van der Waals surface area contributed by atoms with E-state index in [0.29, 0.717) is 41.4 Å². The minimum Gasteiger partial charge on any atom is -0.485 e. The molecule has 1 saturated heterocycles. The van der Waals surface area contributed by atoms with E-state index in [0.717, 1.165) is 0 Å². The van der Waals surface area contributed by atoms with Crippen molar-refractivity contribution >= 4 is 0 Å². The molecule has 0 saturated carbocycles. The van der Waals surface area contributed by atoms with E-state index in [1.807, 2.05) is 37.3 Å². The molecule has 7 nitrogen and oxygen atoms in total. The molecule has 4 aromatic rings. The first-order chi connectivity index (χ1) is 17.7. The molecule has 0 unspecified atom stereocenters. The fourth-order valence-corrected chi connectivity index (χ4v) is 4.49. The standard InChI is InChI=1S/C27H24F3N3O4/c1-25(16-31-17-25)26(34,19-10-12-22(13-11-19)36-27(28,29)30)20-7-5-6-18(14-20)24-32-23(33-37-24)15-35-21-8-3-2-4-9-21/h2-14,31,34H,15-17H2,1H3/t26-/m0/s1. The molecule has 10 heteroatoms. The molecular weight excluding hydrogens is 487 g/mol. The number of rotatable bonds is 8. The summed E-state index contributed by atoms with van der Waals surface area (Å²) in [6, 6.07) is 21.6. The van der Waals surface area contributed by atoms with Crippen molar-refractivity contribution in [3.05, 3.63) is 95.8 Å². The second-order valence-electron chi connectivity index (χ2n) is 9.15. The van der Waals surface area contributed by atoms with Crippen molar-refractivity contribution in [1.82, 2.24) is 15.5 Å². The second-order valence-corrected chi connectivity index (χ2v) is 9.15. The zero-order valence-electron chi connectivity index (χ0n) is 19.8. The lowest BCUT2D eigenvalue weighted by Gasteiger charge is -2.52. The Morgan fingerprint density at radius 2 is 1.68 bits per heavy atom. The number of aliphatic hydroxyl groups is 1. The number of para-hydroxylation sites is 1. The van der Waals surface area contributed by atoms with Gasteiger partial charge in [0.15, 0.2) is 6.61 Å². The third kappa shape index (κ3) is 5.03. The Kier molecular flexibility index (Phi) is 6.38. The normalized spacial score (nSPS) is 16.5. The minimum absolute atomic E-state index is 0.118. The zero-order valence-corrected chi connectivity index (χ0v) is 19.8. The first-order valence-electron chi connectivity index (χ1n) is 11.6. The van der Waals surface area contributed by atoms with Crippen LogP contribution in [-0.4, -0.2) is 34.7 Å². The third-order valence-electron chi connectivity index (χ3n) is 6.52. The average Bonchev–Trinajstić information content (AvgIpc) is 3.35. The molecule has 0 aliphatic carbocycles. The van der Waals surface area contributed by atoms with Gasteiger partial charge in [-0.1, -0.05) is 54.5 Å². The number of halogens is 3. The fourth-order valence-electron chi connectivity index (χ4n) is 4.49. The molecule has 1 aliphatic rings. The highest BCUT2D eigenvalue weighted by Crippen LogP contribution is 2.48. The third-order valence-corrected chi connectivity index (χ3v) is 6.52. The number of alkyl halides is 3. The van der Waals surface area contributed by atoms with E-state index >= 15 is 0 Å². The van der Waals surface area contributed by atoms with Crippen LogP contribution in [0.15, 0.2) is 83.4 Å². The number of nitrogens with zero attached hydrogens (tertiary/aromatic N) is 2. The van der Waals surface area contributed by atoms with E-state index in [1.165, 1.54) is 24.3 Å². The Bertz CT molecular complexity index is 1360. The van der Waals surface area contributed by atoms with Crippen LogP contribution in [0.25, 0.3) is 11.5 Å². The molecule has 1 atom stereocenters. The molecule has 2 N–H and O–H groups in total. The largest absolute Gasteiger partial charge is 0.573 e. The SMILES string of the molecule is CC1([C@](O)(c2ccc(OC(F)(F)F)cc2)c2cccc(-c3nc(COc4ccccc4)no3)c2)CNC1. The number of hydrogen-bond acceptors (Lipinski definition) is 7. The van der Waals surface area contributed by atoms with E-state index < -0.39 is 17.4 Å². The van der Waals surface area contributed by atoms with Crippen molar-refractivity contribution in [2.75, 3.05) is 13.1 Å². The Morgan fingerprint density at radius 3 is 2.32 bits per heavy atom. The van der Waals surface area contributed by atoms with Crippen molar-refractivity contribution in [1.29, 1.82) is 0 Å². The first-order valence-corrected chi connectivity index (χ1v) is 11.6. The molecular formula is C27H24F3N3O4. The van der Waals surface area contributed by atoms with E-state index in [2.05, 4.69) is 20.2 Å². The minimum atomic E-state index is -4.80. The van der Waals surface area contributed by atoms with E-state index in [-0.39, 0.29) is 18.2 Å². The molecule has 5 rings (SSSR count). The highest BCUT2D eigenvalue weighted by Gasteiger charge is 2.53. The summed E-state index contributed by atoms with van der Waals surface area (Å²) in [5.41, 5.74) is -0.585. The molecule has 2 heterocycles. The Hall–Kier alpha value is -3.89. The summed E-state index contributed by atoms with van der Waals surface area (Å²) in [5.74, 6) is 0.923. The topological polar surface area (TPSA) is 89.6 Å². The number of hydrogen-bond donors (Lipinski definition) is 2. The summed E-state index contributed by atoms with van der Waals surface area (Å²) in [4.78, 5) is 4.41. The van der Waals surface area contributed by atoms with E-state index in [4.69, 9.17) is 9.26 Å². The van der Waals surface area contributed by atoms with Crippen LogP contribution in [0.4, 0.5) is 13.2 Å². The molecule has 1 aliphatic heterocycles. The number of benzene rings is 3. The highest BCUT2D eigenvalue weighted by atomic mass is 19.4. The van der Waals surface area contributed by atoms with Crippen LogP contribution in [0, 0.1) is 5.41 Å². The number of ether oxygens (including phenoxy) is 2. The summed E-state index contributed by atoms with van der Waals surface area (Å²) in [6.07, 6.45) is -4.80. The quantitative estimate of drug-likeness (QED) is 0.342. The van der Waals surface area contributed by atoms with E-state index in [1.54, 1.807) is 24.3 Å². The van der Waals surface area contributed by atoms with Gasteiger partial charge in [-0.05, 0) is 47.5 Å². The van der Waals surface area contributed by atoms with Crippen molar-refractivity contribution in [3.63, 3.8) is 0 Å². The van der Waals surface area contributed by atoms with Gasteiger partial charge in [-0.3, -0.25) is 0 Å². The summed E-state index contributed by atoms with van der Waals surface area (Å²) in [7, 11) is 0. The lowest BCUT2D eigenvalue weighted by molar-refractivity contribution is -0.274. The molecule has 1 aromatic heterocycles. The van der Waals surface area contributed by atoms with Gasteiger partial charge in [-0.25, -0.2) is 0 Å². The van der Waals surface area contributed by atoms with Gasteiger partial charge in [-0.15, -0.1) is 13.2 Å². The van der Waals surface area contributed by atoms with Crippen LogP contribution in [0.2, 0.25) is 0 Å². The number of nitrogens with one attached hydrogen (secondary N) is 1. The van der Waals surface area contributed by atoms with Gasteiger partial charge in [0.05, 0.1) is 0 Å². The van der Waals surface area contributed by atoms with Crippen LogP contribution >= 0.6 is 0 Å². The maximum Gasteiger partial charge on any atom is 0.573 e. The molecule has 0 amide bonds. The Balaban J connectivity index is 1.44. The molecule has 192 valence electrons. The molecule has 0 radical (unpaired) electrons. The van der Waals surface area contributed by atoms with Crippen LogP contribution in [-0.2, 0) is 12.2 Å². The smallest absolute Gasteiger partial charge is 0.485 e. The van der Waals surface area contributed by atoms with Crippen molar-refractivity contribution in [3.8, 4) is 23.0 Å². The fraction of sp³-hybridized carbons (Fsp3) is 0.259. The van der Waals surface area contributed by atoms with Crippen LogP contribution in [0.3, 0.4) is 0 Å². The van der Waals surface area contributed by atoms with Crippen LogP contribution < -0.4 is 14.8 Å². The molecule has 0 spiro atoms. The Morgan fingerprint density at radius 1 is 0.946 bits per heavy atom. The van der Waals surface area contributed by atoms with E-state index in [9.17, 15) is 18.3 Å².